The Labute approximate surface area is 122 Å². The largest absolute Gasteiger partial charge is 0.494 e. The van der Waals surface area contributed by atoms with Crippen LogP contribution in [0.5, 0.6) is 5.88 Å². The van der Waals surface area contributed by atoms with E-state index in [4.69, 9.17) is 4.74 Å². The molecule has 1 aromatic heterocycles. The van der Waals surface area contributed by atoms with Gasteiger partial charge in [0, 0.05) is 20.7 Å². The van der Waals surface area contributed by atoms with E-state index in [-0.39, 0.29) is 17.5 Å². The molecule has 2 heterocycles. The molecule has 21 heavy (non-hydrogen) atoms. The first-order valence-corrected chi connectivity index (χ1v) is 7.11. The van der Waals surface area contributed by atoms with Crippen molar-refractivity contribution in [1.82, 2.24) is 9.13 Å². The number of aromatic nitrogens is 2. The second-order valence-electron chi connectivity index (χ2n) is 5.18. The van der Waals surface area contributed by atoms with Crippen molar-refractivity contribution in [2.75, 3.05) is 13.2 Å². The number of hydrogen-bond acceptors (Lipinski definition) is 5. The summed E-state index contributed by atoms with van der Waals surface area (Å²) in [6.45, 7) is 3.07. The number of rotatable bonds is 4. The van der Waals surface area contributed by atoms with Gasteiger partial charge in [-0.2, -0.15) is 0 Å². The summed E-state index contributed by atoms with van der Waals surface area (Å²) in [5, 5.41) is 10.1. The highest BCUT2D eigenvalue weighted by Gasteiger charge is 2.20. The quantitative estimate of drug-likeness (QED) is 0.802. The lowest BCUT2D eigenvalue weighted by Crippen LogP contribution is -2.40. The third kappa shape index (κ3) is 2.92. The topological polar surface area (TPSA) is 85.8 Å². The first-order chi connectivity index (χ1) is 9.97. The Kier molecular flexibility index (Phi) is 4.62. The van der Waals surface area contributed by atoms with Crippen LogP contribution in [-0.4, -0.2) is 39.2 Å². The molecule has 1 fully saturated rings. The molecule has 0 aliphatic carbocycles. The zero-order valence-corrected chi connectivity index (χ0v) is 12.6. The van der Waals surface area contributed by atoms with Gasteiger partial charge in [-0.25, -0.2) is 4.79 Å². The molecular formula is C14H21N3O4. The molecule has 1 atom stereocenters. The van der Waals surface area contributed by atoms with E-state index in [9.17, 15) is 14.7 Å². The molecular weight excluding hydrogens is 274 g/mol. The Hall–Kier alpha value is -1.89. The average molecular weight is 295 g/mol. The molecule has 7 nitrogen and oxygen atoms in total. The third-order valence-electron chi connectivity index (χ3n) is 3.77. The molecule has 1 aromatic rings. The van der Waals surface area contributed by atoms with E-state index in [0.29, 0.717) is 18.7 Å². The maximum atomic E-state index is 12.2. The van der Waals surface area contributed by atoms with Crippen LogP contribution in [-0.2, 0) is 18.8 Å². The molecule has 1 aliphatic rings. The van der Waals surface area contributed by atoms with Crippen molar-refractivity contribution in [1.29, 1.82) is 0 Å². The Morgan fingerprint density at radius 1 is 1.38 bits per heavy atom. The second-order valence-corrected chi connectivity index (χ2v) is 5.18. The Bertz CT molecular complexity index is 666. The highest BCUT2D eigenvalue weighted by Crippen LogP contribution is 2.15. The molecule has 0 bridgehead atoms. The molecule has 116 valence electrons. The fraction of sp³-hybridized carbons (Fsp3) is 0.643. The number of hydrogen-bond donors (Lipinski definition) is 1. The van der Waals surface area contributed by atoms with E-state index in [1.54, 1.807) is 0 Å². The van der Waals surface area contributed by atoms with E-state index in [2.05, 4.69) is 4.99 Å². The molecule has 1 unspecified atom stereocenters. The minimum atomic E-state index is -0.559. The van der Waals surface area contributed by atoms with Crippen LogP contribution in [0.3, 0.4) is 0 Å². The molecule has 0 amide bonds. The standard InChI is InChI=1S/C14H21N3O4/c1-4-10(15-8-9-6-5-7-21-9)11-12(18)16(2)14(20)17(3)13(11)19/h9,18H,4-8H2,1-3H3. The van der Waals surface area contributed by atoms with E-state index in [0.717, 1.165) is 28.6 Å². The first-order valence-electron chi connectivity index (χ1n) is 7.11. The van der Waals surface area contributed by atoms with Gasteiger partial charge in [-0.15, -0.1) is 0 Å². The molecule has 1 aliphatic heterocycles. The van der Waals surface area contributed by atoms with Gasteiger partial charge in [-0.3, -0.25) is 18.9 Å². The smallest absolute Gasteiger partial charge is 0.333 e. The molecule has 1 N–H and O–H groups in total. The summed E-state index contributed by atoms with van der Waals surface area (Å²) in [7, 11) is 2.81. The highest BCUT2D eigenvalue weighted by molar-refractivity contribution is 6.01. The van der Waals surface area contributed by atoms with Crippen molar-refractivity contribution in [2.24, 2.45) is 19.1 Å². The third-order valence-corrected chi connectivity index (χ3v) is 3.77. The molecule has 2 rings (SSSR count). The van der Waals surface area contributed by atoms with Crippen molar-refractivity contribution in [2.45, 2.75) is 32.3 Å². The predicted molar refractivity (Wildman–Crippen MR) is 79.3 cm³/mol. The SMILES string of the molecule is CCC(=NCC1CCCO1)c1c(O)n(C)c(=O)n(C)c1=O. The van der Waals surface area contributed by atoms with Crippen molar-refractivity contribution in [3.8, 4) is 5.88 Å². The van der Waals surface area contributed by atoms with Crippen LogP contribution in [0.4, 0.5) is 0 Å². The van der Waals surface area contributed by atoms with E-state index in [1.807, 2.05) is 6.92 Å². The minimum Gasteiger partial charge on any atom is -0.494 e. The summed E-state index contributed by atoms with van der Waals surface area (Å²) in [4.78, 5) is 28.4. The van der Waals surface area contributed by atoms with Crippen molar-refractivity contribution >= 4 is 5.71 Å². The molecule has 7 heteroatoms. The summed E-state index contributed by atoms with van der Waals surface area (Å²) >= 11 is 0. The zero-order valence-electron chi connectivity index (χ0n) is 12.6. The van der Waals surface area contributed by atoms with Gasteiger partial charge in [0.2, 0.25) is 5.88 Å². The summed E-state index contributed by atoms with van der Waals surface area (Å²) in [5.41, 5.74) is -0.487. The van der Waals surface area contributed by atoms with E-state index < -0.39 is 11.2 Å². The molecule has 0 radical (unpaired) electrons. The van der Waals surface area contributed by atoms with Crippen LogP contribution >= 0.6 is 0 Å². The first kappa shape index (κ1) is 15.5. The summed E-state index contributed by atoms with van der Waals surface area (Å²) in [6, 6.07) is 0. The van der Waals surface area contributed by atoms with Gasteiger partial charge in [0.1, 0.15) is 5.56 Å². The van der Waals surface area contributed by atoms with Gasteiger partial charge in [0.05, 0.1) is 18.4 Å². The van der Waals surface area contributed by atoms with Crippen LogP contribution in [0.1, 0.15) is 31.7 Å². The number of ether oxygens (including phenoxy) is 1. The van der Waals surface area contributed by atoms with E-state index >= 15 is 0 Å². The number of aromatic hydroxyl groups is 1. The van der Waals surface area contributed by atoms with Crippen LogP contribution in [0, 0.1) is 0 Å². The summed E-state index contributed by atoms with van der Waals surface area (Å²) in [5.74, 6) is -0.337. The monoisotopic (exact) mass is 295 g/mol. The van der Waals surface area contributed by atoms with Crippen molar-refractivity contribution in [3.63, 3.8) is 0 Å². The van der Waals surface area contributed by atoms with Crippen LogP contribution in [0.2, 0.25) is 0 Å². The van der Waals surface area contributed by atoms with Crippen LogP contribution in [0.15, 0.2) is 14.6 Å². The Morgan fingerprint density at radius 2 is 2.10 bits per heavy atom. The molecule has 0 saturated carbocycles. The lowest BCUT2D eigenvalue weighted by molar-refractivity contribution is 0.118. The average Bonchev–Trinajstić information content (AvgIpc) is 3.00. The lowest BCUT2D eigenvalue weighted by atomic mass is 10.1. The van der Waals surface area contributed by atoms with Gasteiger partial charge in [-0.05, 0) is 19.3 Å². The normalized spacial score (nSPS) is 19.2. The van der Waals surface area contributed by atoms with Gasteiger partial charge in [0.15, 0.2) is 0 Å². The lowest BCUT2D eigenvalue weighted by Gasteiger charge is -2.12. The fourth-order valence-corrected chi connectivity index (χ4v) is 2.45. The highest BCUT2D eigenvalue weighted by atomic mass is 16.5. The fourth-order valence-electron chi connectivity index (χ4n) is 2.45. The second kappa shape index (κ2) is 6.26. The van der Waals surface area contributed by atoms with Gasteiger partial charge >= 0.3 is 5.69 Å². The van der Waals surface area contributed by atoms with Crippen molar-refractivity contribution < 1.29 is 9.84 Å². The maximum Gasteiger partial charge on any atom is 0.333 e. The molecule has 1 saturated heterocycles. The van der Waals surface area contributed by atoms with Gasteiger partial charge in [0.25, 0.3) is 5.56 Å². The molecule has 0 aromatic carbocycles. The van der Waals surface area contributed by atoms with Crippen LogP contribution < -0.4 is 11.2 Å². The number of aliphatic imine (C=N–C) groups is 1. The van der Waals surface area contributed by atoms with Gasteiger partial charge in [-0.1, -0.05) is 6.92 Å². The Balaban J connectivity index is 2.45. The maximum absolute atomic E-state index is 12.2. The van der Waals surface area contributed by atoms with Crippen molar-refractivity contribution in [3.05, 3.63) is 26.4 Å². The van der Waals surface area contributed by atoms with Crippen LogP contribution in [0.25, 0.3) is 0 Å². The zero-order chi connectivity index (χ0) is 15.6. The molecule has 0 spiro atoms. The number of nitrogens with zero attached hydrogens (tertiary/aromatic N) is 3. The van der Waals surface area contributed by atoms with E-state index in [1.165, 1.54) is 14.1 Å². The van der Waals surface area contributed by atoms with Gasteiger partial charge < -0.3 is 9.84 Å². The predicted octanol–water partition coefficient (Wildman–Crippen LogP) is 0.168. The minimum absolute atomic E-state index is 0.0741. The summed E-state index contributed by atoms with van der Waals surface area (Å²) < 4.78 is 7.53. The summed E-state index contributed by atoms with van der Waals surface area (Å²) in [6.07, 6.45) is 2.55. The Morgan fingerprint density at radius 3 is 2.67 bits per heavy atom.